The molecule has 1 atom stereocenters. The fraction of sp³-hybridized carbons (Fsp3) is 0.435. The molecule has 2 heterocycles. The van der Waals surface area contributed by atoms with Gasteiger partial charge in [0.15, 0.2) is 16.9 Å². The number of aliphatic carboxylic acids is 1. The highest BCUT2D eigenvalue weighted by Crippen LogP contribution is 2.42. The van der Waals surface area contributed by atoms with E-state index in [9.17, 15) is 19.5 Å². The van der Waals surface area contributed by atoms with Crippen LogP contribution in [0.4, 0.5) is 0 Å². The fourth-order valence-electron chi connectivity index (χ4n) is 3.87. The van der Waals surface area contributed by atoms with Crippen LogP contribution in [0.3, 0.4) is 0 Å². The maximum Gasteiger partial charge on any atom is 0.341 e. The van der Waals surface area contributed by atoms with Crippen LogP contribution in [0.2, 0.25) is 0 Å². The number of carboxylic acids is 2. The molecular formula is C23H27NO8. The molecule has 0 radical (unpaired) electrons. The maximum absolute atomic E-state index is 12.4. The van der Waals surface area contributed by atoms with Crippen molar-refractivity contribution in [3.8, 4) is 22.8 Å². The van der Waals surface area contributed by atoms with Gasteiger partial charge in [0.1, 0.15) is 12.2 Å². The van der Waals surface area contributed by atoms with E-state index in [1.807, 2.05) is 10.6 Å². The normalized spacial score (nSPS) is 14.6. The predicted molar refractivity (Wildman–Crippen MR) is 116 cm³/mol. The van der Waals surface area contributed by atoms with Gasteiger partial charge in [0, 0.05) is 30.3 Å². The van der Waals surface area contributed by atoms with Gasteiger partial charge in [-0.25, -0.2) is 9.59 Å². The lowest BCUT2D eigenvalue weighted by Crippen LogP contribution is -2.28. The number of rotatable bonds is 10. The quantitative estimate of drug-likeness (QED) is 0.535. The number of aromatic carboxylic acids is 1. The highest BCUT2D eigenvalue weighted by atomic mass is 16.5. The Balaban J connectivity index is 1.92. The molecule has 3 rings (SSSR count). The number of methoxy groups -OCH3 is 1. The van der Waals surface area contributed by atoms with Crippen molar-refractivity contribution in [2.45, 2.75) is 32.7 Å². The zero-order valence-electron chi connectivity index (χ0n) is 18.3. The molecule has 0 amide bonds. The SMILES string of the molecule is COc1cc2c(cc1OCCCOCC(=O)O)CC(C(C)C)n1cc(C(=O)O)c(=O)cc1-2. The second kappa shape index (κ2) is 9.86. The fourth-order valence-corrected chi connectivity index (χ4v) is 3.87. The van der Waals surface area contributed by atoms with Crippen molar-refractivity contribution in [1.29, 1.82) is 0 Å². The van der Waals surface area contributed by atoms with Crippen molar-refractivity contribution in [2.75, 3.05) is 26.9 Å². The van der Waals surface area contributed by atoms with Gasteiger partial charge in [0.2, 0.25) is 0 Å². The van der Waals surface area contributed by atoms with Crippen LogP contribution >= 0.6 is 0 Å². The van der Waals surface area contributed by atoms with Gasteiger partial charge in [-0.2, -0.15) is 0 Å². The molecule has 1 aliphatic rings. The van der Waals surface area contributed by atoms with E-state index in [1.165, 1.54) is 19.4 Å². The molecule has 1 aromatic heterocycles. The molecule has 9 heteroatoms. The van der Waals surface area contributed by atoms with Crippen LogP contribution in [0.1, 0.15) is 42.2 Å². The Hall–Kier alpha value is -3.33. The first-order valence-electron chi connectivity index (χ1n) is 10.4. The van der Waals surface area contributed by atoms with E-state index >= 15 is 0 Å². The van der Waals surface area contributed by atoms with E-state index < -0.39 is 17.4 Å². The molecule has 0 fully saturated rings. The standard InChI is InChI=1S/C23H27NO8/c1-13(2)17-7-14-8-21(32-6-4-5-31-12-22(26)27)20(30-3)9-15(14)18-10-19(25)16(23(28)29)11-24(17)18/h8-11,13,17H,4-7,12H2,1-3H3,(H,26,27)(H,28,29). The molecule has 1 aromatic carbocycles. The number of carboxylic acid groups (broad SMARTS) is 2. The zero-order valence-corrected chi connectivity index (χ0v) is 18.3. The Kier molecular flexibility index (Phi) is 7.19. The first kappa shape index (κ1) is 23.3. The highest BCUT2D eigenvalue weighted by Gasteiger charge is 2.29. The summed E-state index contributed by atoms with van der Waals surface area (Å²) in [7, 11) is 1.52. The van der Waals surface area contributed by atoms with Gasteiger partial charge >= 0.3 is 11.9 Å². The largest absolute Gasteiger partial charge is 0.493 e. The highest BCUT2D eigenvalue weighted by molar-refractivity contribution is 5.88. The van der Waals surface area contributed by atoms with Crippen LogP contribution in [0.25, 0.3) is 11.3 Å². The number of carbonyl (C=O) groups is 2. The molecule has 1 unspecified atom stereocenters. The number of benzene rings is 1. The van der Waals surface area contributed by atoms with Crippen molar-refractivity contribution in [3.05, 3.63) is 45.7 Å². The van der Waals surface area contributed by atoms with Crippen LogP contribution in [-0.2, 0) is 16.0 Å². The molecule has 0 aliphatic carbocycles. The molecule has 2 N–H and O–H groups in total. The van der Waals surface area contributed by atoms with E-state index in [1.54, 1.807) is 6.07 Å². The van der Waals surface area contributed by atoms with Crippen LogP contribution in [-0.4, -0.2) is 53.6 Å². The van der Waals surface area contributed by atoms with E-state index in [4.69, 9.17) is 19.3 Å². The number of pyridine rings is 1. The molecule has 172 valence electrons. The lowest BCUT2D eigenvalue weighted by molar-refractivity contribution is -0.142. The first-order valence-corrected chi connectivity index (χ1v) is 10.4. The second-order valence-electron chi connectivity index (χ2n) is 7.97. The number of nitrogens with zero attached hydrogens (tertiary/aromatic N) is 1. The Morgan fingerprint density at radius 3 is 2.53 bits per heavy atom. The van der Waals surface area contributed by atoms with Gasteiger partial charge < -0.3 is 29.0 Å². The number of hydrogen-bond donors (Lipinski definition) is 2. The monoisotopic (exact) mass is 445 g/mol. The minimum atomic E-state index is -1.24. The molecule has 0 spiro atoms. The summed E-state index contributed by atoms with van der Waals surface area (Å²) < 4.78 is 18.2. The Labute approximate surface area is 185 Å². The van der Waals surface area contributed by atoms with Crippen molar-refractivity contribution in [1.82, 2.24) is 4.57 Å². The number of aromatic nitrogens is 1. The summed E-state index contributed by atoms with van der Waals surface area (Å²) in [5.74, 6) is -1.03. The second-order valence-corrected chi connectivity index (χ2v) is 7.97. The summed E-state index contributed by atoms with van der Waals surface area (Å²) in [6.45, 7) is 4.34. The topological polar surface area (TPSA) is 124 Å². The van der Waals surface area contributed by atoms with Gasteiger partial charge in [0.05, 0.1) is 26.0 Å². The Morgan fingerprint density at radius 1 is 1.16 bits per heavy atom. The molecule has 0 saturated carbocycles. The van der Waals surface area contributed by atoms with E-state index in [0.717, 1.165) is 11.1 Å². The number of ether oxygens (including phenoxy) is 3. The summed E-state index contributed by atoms with van der Waals surface area (Å²) in [5.41, 5.74) is 1.63. The first-order chi connectivity index (χ1) is 15.2. The molecule has 1 aliphatic heterocycles. The molecule has 32 heavy (non-hydrogen) atoms. The third kappa shape index (κ3) is 4.94. The van der Waals surface area contributed by atoms with Gasteiger partial charge in [-0.15, -0.1) is 0 Å². The molecule has 9 nitrogen and oxygen atoms in total. The number of fused-ring (bicyclic) bond motifs is 3. The van der Waals surface area contributed by atoms with Crippen LogP contribution in [0.5, 0.6) is 11.5 Å². The van der Waals surface area contributed by atoms with E-state index in [-0.39, 0.29) is 30.7 Å². The van der Waals surface area contributed by atoms with Crippen LogP contribution < -0.4 is 14.9 Å². The van der Waals surface area contributed by atoms with Gasteiger partial charge in [-0.3, -0.25) is 4.79 Å². The van der Waals surface area contributed by atoms with Gasteiger partial charge in [-0.1, -0.05) is 13.8 Å². The zero-order chi connectivity index (χ0) is 23.4. The van der Waals surface area contributed by atoms with Crippen molar-refractivity contribution >= 4 is 11.9 Å². The summed E-state index contributed by atoms with van der Waals surface area (Å²) >= 11 is 0. The maximum atomic E-state index is 12.4. The van der Waals surface area contributed by atoms with Crippen LogP contribution in [0.15, 0.2) is 29.2 Å². The molecule has 0 saturated heterocycles. The third-order valence-corrected chi connectivity index (χ3v) is 5.45. The summed E-state index contributed by atoms with van der Waals surface area (Å²) in [6, 6.07) is 5.03. The smallest absolute Gasteiger partial charge is 0.341 e. The van der Waals surface area contributed by atoms with Crippen LogP contribution in [0, 0.1) is 5.92 Å². The molecule has 0 bridgehead atoms. The average Bonchev–Trinajstić information content (AvgIpc) is 2.74. The molecular weight excluding hydrogens is 418 g/mol. The Morgan fingerprint density at radius 2 is 1.91 bits per heavy atom. The number of hydrogen-bond acceptors (Lipinski definition) is 6. The average molecular weight is 445 g/mol. The van der Waals surface area contributed by atoms with E-state index in [2.05, 4.69) is 13.8 Å². The van der Waals surface area contributed by atoms with Gasteiger partial charge in [0.25, 0.3) is 0 Å². The lowest BCUT2D eigenvalue weighted by Gasteiger charge is -2.33. The third-order valence-electron chi connectivity index (χ3n) is 5.45. The van der Waals surface area contributed by atoms with Crippen molar-refractivity contribution in [3.63, 3.8) is 0 Å². The minimum absolute atomic E-state index is 0.0261. The van der Waals surface area contributed by atoms with Crippen molar-refractivity contribution in [2.24, 2.45) is 5.92 Å². The molecule has 2 aromatic rings. The van der Waals surface area contributed by atoms with E-state index in [0.29, 0.717) is 36.6 Å². The lowest BCUT2D eigenvalue weighted by atomic mass is 9.87. The van der Waals surface area contributed by atoms with Gasteiger partial charge in [-0.05, 0) is 30.0 Å². The Bertz CT molecular complexity index is 1070. The van der Waals surface area contributed by atoms with Crippen molar-refractivity contribution < 1.29 is 34.0 Å². The summed E-state index contributed by atoms with van der Waals surface area (Å²) in [5, 5.41) is 18.0. The summed E-state index contributed by atoms with van der Waals surface area (Å²) in [6.07, 6.45) is 2.59. The predicted octanol–water partition coefficient (Wildman–Crippen LogP) is 2.85. The summed E-state index contributed by atoms with van der Waals surface area (Å²) in [4.78, 5) is 34.4. The minimum Gasteiger partial charge on any atom is -0.493 e.